The highest BCUT2D eigenvalue weighted by Crippen LogP contribution is 2.33. The number of amides is 2. The van der Waals surface area contributed by atoms with E-state index in [1.807, 2.05) is 45.0 Å². The quantitative estimate of drug-likeness (QED) is 0.362. The van der Waals surface area contributed by atoms with Crippen molar-refractivity contribution in [3.05, 3.63) is 58.8 Å². The summed E-state index contributed by atoms with van der Waals surface area (Å²) in [5.74, 6) is 0.830. The van der Waals surface area contributed by atoms with Gasteiger partial charge in [0.1, 0.15) is 23.5 Å². The number of ether oxygens (including phenoxy) is 2. The Morgan fingerprint density at radius 1 is 1.11 bits per heavy atom. The molecule has 1 fully saturated rings. The lowest BCUT2D eigenvalue weighted by atomic mass is 10.0. The third-order valence-electron chi connectivity index (χ3n) is 5.69. The summed E-state index contributed by atoms with van der Waals surface area (Å²) in [5, 5.41) is 6.97. The Balaban J connectivity index is 1.49. The number of halogens is 1. The second-order valence-corrected chi connectivity index (χ2v) is 10.6. The first-order valence-corrected chi connectivity index (χ1v) is 12.7. The molecular formula is C27H30BrN5O4. The fourth-order valence-corrected chi connectivity index (χ4v) is 4.35. The molecule has 2 heterocycles. The number of hydrogen-bond donors (Lipinski definition) is 2. The van der Waals surface area contributed by atoms with Gasteiger partial charge >= 0.3 is 6.09 Å². The third-order valence-corrected chi connectivity index (χ3v) is 6.19. The minimum absolute atomic E-state index is 0.267. The molecule has 1 aliphatic rings. The number of carbonyl (C=O) groups excluding carboxylic acids is 2. The number of benzene rings is 2. The van der Waals surface area contributed by atoms with E-state index in [4.69, 9.17) is 9.47 Å². The minimum atomic E-state index is -0.537. The number of carbonyl (C=O) groups is 2. The van der Waals surface area contributed by atoms with Crippen molar-refractivity contribution in [2.75, 3.05) is 30.8 Å². The van der Waals surface area contributed by atoms with Crippen LogP contribution < -0.4 is 15.4 Å². The number of fused-ring (bicyclic) bond motifs is 1. The zero-order chi connectivity index (χ0) is 26.6. The molecule has 0 spiro atoms. The molecule has 0 saturated carbocycles. The van der Waals surface area contributed by atoms with E-state index in [-0.39, 0.29) is 12.0 Å². The number of hydrogen-bond acceptors (Lipinski definition) is 7. The monoisotopic (exact) mass is 567 g/mol. The van der Waals surface area contributed by atoms with E-state index in [0.717, 1.165) is 21.1 Å². The summed E-state index contributed by atoms with van der Waals surface area (Å²) in [6.07, 6.45) is 3.96. The normalized spacial score (nSPS) is 13.8. The molecule has 0 unspecified atom stereocenters. The average Bonchev–Trinajstić information content (AvgIpc) is 2.83. The van der Waals surface area contributed by atoms with Crippen LogP contribution in [0, 0.1) is 0 Å². The van der Waals surface area contributed by atoms with E-state index in [1.54, 1.807) is 30.2 Å². The zero-order valence-electron chi connectivity index (χ0n) is 21.3. The Kier molecular flexibility index (Phi) is 7.97. The van der Waals surface area contributed by atoms with Crippen LogP contribution in [0.4, 0.5) is 22.0 Å². The molecule has 194 valence electrons. The van der Waals surface area contributed by atoms with Crippen LogP contribution in [0.15, 0.2) is 58.8 Å². The Morgan fingerprint density at radius 3 is 2.54 bits per heavy atom. The highest BCUT2D eigenvalue weighted by molar-refractivity contribution is 9.10. The predicted molar refractivity (Wildman–Crippen MR) is 147 cm³/mol. The van der Waals surface area contributed by atoms with Gasteiger partial charge in [-0.2, -0.15) is 0 Å². The van der Waals surface area contributed by atoms with Gasteiger partial charge < -0.3 is 25.0 Å². The molecule has 4 rings (SSSR count). The molecular weight excluding hydrogens is 538 g/mol. The fourth-order valence-electron chi connectivity index (χ4n) is 3.95. The van der Waals surface area contributed by atoms with Gasteiger partial charge in [-0.15, -0.1) is 0 Å². The van der Waals surface area contributed by atoms with Crippen molar-refractivity contribution in [2.45, 2.75) is 39.2 Å². The Morgan fingerprint density at radius 2 is 1.86 bits per heavy atom. The molecule has 1 saturated heterocycles. The number of piperidine rings is 1. The standard InChI is InChI=1S/C27H30BrN5O4/c1-27(2,3)37-26(35)33-10-8-17(9-11-33)12-24(34)32-22-14-20-21(15-23(22)36-4)29-16-30-25(20)31-19-7-5-6-18(28)13-19/h5-7,12-16H,8-11H2,1-4H3,(H,32,34)(H,29,30,31). The maximum Gasteiger partial charge on any atom is 0.410 e. The summed E-state index contributed by atoms with van der Waals surface area (Å²) in [6.45, 7) is 6.55. The van der Waals surface area contributed by atoms with Gasteiger partial charge in [0.05, 0.1) is 18.3 Å². The van der Waals surface area contributed by atoms with Crippen LogP contribution in [-0.2, 0) is 9.53 Å². The Labute approximate surface area is 224 Å². The van der Waals surface area contributed by atoms with E-state index in [2.05, 4.69) is 36.5 Å². The number of nitrogens with one attached hydrogen (secondary N) is 2. The number of likely N-dealkylation sites (tertiary alicyclic amines) is 1. The largest absolute Gasteiger partial charge is 0.494 e. The van der Waals surface area contributed by atoms with Crippen LogP contribution in [0.25, 0.3) is 10.9 Å². The third kappa shape index (κ3) is 6.97. The lowest BCUT2D eigenvalue weighted by Gasteiger charge is -2.30. The molecule has 3 aromatic rings. The lowest BCUT2D eigenvalue weighted by Crippen LogP contribution is -2.40. The second-order valence-electron chi connectivity index (χ2n) is 9.69. The summed E-state index contributed by atoms with van der Waals surface area (Å²) in [5.41, 5.74) is 2.48. The van der Waals surface area contributed by atoms with E-state index in [9.17, 15) is 9.59 Å². The van der Waals surface area contributed by atoms with Gasteiger partial charge in [-0.05, 0) is 57.9 Å². The molecule has 1 aliphatic heterocycles. The first-order valence-electron chi connectivity index (χ1n) is 11.9. The number of methoxy groups -OCH3 is 1. The van der Waals surface area contributed by atoms with Crippen molar-refractivity contribution in [3.63, 3.8) is 0 Å². The predicted octanol–water partition coefficient (Wildman–Crippen LogP) is 6.04. The van der Waals surface area contributed by atoms with Crippen molar-refractivity contribution >= 4 is 56.0 Å². The molecule has 2 amide bonds. The number of nitrogens with zero attached hydrogens (tertiary/aromatic N) is 3. The molecule has 0 bridgehead atoms. The van der Waals surface area contributed by atoms with Crippen molar-refractivity contribution < 1.29 is 19.1 Å². The molecule has 0 radical (unpaired) electrons. The molecule has 2 N–H and O–H groups in total. The smallest absolute Gasteiger partial charge is 0.410 e. The van der Waals surface area contributed by atoms with Crippen molar-refractivity contribution in [3.8, 4) is 5.75 Å². The zero-order valence-corrected chi connectivity index (χ0v) is 22.9. The van der Waals surface area contributed by atoms with Gasteiger partial charge in [0, 0.05) is 40.8 Å². The number of rotatable bonds is 5. The summed E-state index contributed by atoms with van der Waals surface area (Å²) in [7, 11) is 1.55. The van der Waals surface area contributed by atoms with Crippen LogP contribution in [0.3, 0.4) is 0 Å². The van der Waals surface area contributed by atoms with Gasteiger partial charge in [0.2, 0.25) is 5.91 Å². The molecule has 1 aromatic heterocycles. The van der Waals surface area contributed by atoms with Crippen LogP contribution in [0.1, 0.15) is 33.6 Å². The Hall–Kier alpha value is -3.66. The first-order chi connectivity index (χ1) is 17.6. The van der Waals surface area contributed by atoms with Crippen molar-refractivity contribution in [2.24, 2.45) is 0 Å². The fraction of sp³-hybridized carbons (Fsp3) is 0.333. The van der Waals surface area contributed by atoms with E-state index in [1.165, 1.54) is 6.33 Å². The maximum atomic E-state index is 12.9. The topological polar surface area (TPSA) is 106 Å². The van der Waals surface area contributed by atoms with Gasteiger partial charge in [-0.3, -0.25) is 4.79 Å². The van der Waals surface area contributed by atoms with Crippen molar-refractivity contribution in [1.82, 2.24) is 14.9 Å². The molecule has 10 heteroatoms. The highest BCUT2D eigenvalue weighted by Gasteiger charge is 2.25. The Bertz CT molecular complexity index is 1340. The summed E-state index contributed by atoms with van der Waals surface area (Å²) in [6, 6.07) is 11.3. The maximum absolute atomic E-state index is 12.9. The van der Waals surface area contributed by atoms with Crippen molar-refractivity contribution in [1.29, 1.82) is 0 Å². The van der Waals surface area contributed by atoms with Crippen LogP contribution in [0.2, 0.25) is 0 Å². The van der Waals surface area contributed by atoms with Gasteiger partial charge in [0.25, 0.3) is 0 Å². The van der Waals surface area contributed by atoms with E-state index < -0.39 is 5.60 Å². The average molecular weight is 568 g/mol. The molecule has 0 aliphatic carbocycles. The van der Waals surface area contributed by atoms with Gasteiger partial charge in [0.15, 0.2) is 0 Å². The van der Waals surface area contributed by atoms with Crippen LogP contribution in [-0.4, -0.2) is 52.7 Å². The summed E-state index contributed by atoms with van der Waals surface area (Å²) in [4.78, 5) is 35.6. The molecule has 2 aromatic carbocycles. The number of aromatic nitrogens is 2. The minimum Gasteiger partial charge on any atom is -0.494 e. The molecule has 9 nitrogen and oxygen atoms in total. The van der Waals surface area contributed by atoms with Gasteiger partial charge in [-0.25, -0.2) is 14.8 Å². The lowest BCUT2D eigenvalue weighted by molar-refractivity contribution is -0.112. The highest BCUT2D eigenvalue weighted by atomic mass is 79.9. The van der Waals surface area contributed by atoms with Crippen LogP contribution in [0.5, 0.6) is 5.75 Å². The molecule has 37 heavy (non-hydrogen) atoms. The summed E-state index contributed by atoms with van der Waals surface area (Å²) < 4.78 is 11.9. The van der Waals surface area contributed by atoms with E-state index >= 15 is 0 Å². The molecule has 0 atom stereocenters. The summed E-state index contributed by atoms with van der Waals surface area (Å²) >= 11 is 3.48. The second kappa shape index (κ2) is 11.2. The first kappa shape index (κ1) is 26.4. The van der Waals surface area contributed by atoms with Crippen LogP contribution >= 0.6 is 15.9 Å². The van der Waals surface area contributed by atoms with E-state index in [0.29, 0.717) is 48.7 Å². The SMILES string of the molecule is COc1cc2ncnc(Nc3cccc(Br)c3)c2cc1NC(=O)C=C1CCN(C(=O)OC(C)(C)C)CC1. The number of anilines is 3. The van der Waals surface area contributed by atoms with Gasteiger partial charge in [-0.1, -0.05) is 27.6 Å².